The number of hydrogen-bond acceptors (Lipinski definition) is 6. The van der Waals surface area contributed by atoms with Gasteiger partial charge in [-0.25, -0.2) is 9.37 Å². The van der Waals surface area contributed by atoms with Crippen LogP contribution in [-0.2, 0) is 11.0 Å². The molecule has 1 aliphatic rings. The third-order valence-corrected chi connectivity index (χ3v) is 6.95. The number of aliphatic hydroxyl groups is 1. The Balaban J connectivity index is 1.56. The van der Waals surface area contributed by atoms with Crippen LogP contribution in [0.1, 0.15) is 35.5 Å². The van der Waals surface area contributed by atoms with E-state index in [1.54, 1.807) is 32.2 Å². The number of ether oxygens (including phenoxy) is 2. The van der Waals surface area contributed by atoms with Crippen molar-refractivity contribution in [1.29, 1.82) is 0 Å². The molecule has 208 valence electrons. The molecule has 2 aromatic heterocycles. The van der Waals surface area contributed by atoms with Crippen molar-refractivity contribution in [2.45, 2.75) is 31.0 Å². The topological polar surface area (TPSA) is 93.6 Å². The van der Waals surface area contributed by atoms with Gasteiger partial charge in [-0.2, -0.15) is 13.2 Å². The van der Waals surface area contributed by atoms with E-state index in [4.69, 9.17) is 9.47 Å². The fourth-order valence-electron chi connectivity index (χ4n) is 4.62. The van der Waals surface area contributed by atoms with Gasteiger partial charge in [0.25, 0.3) is 5.91 Å². The second-order valence-corrected chi connectivity index (χ2v) is 10.2. The first-order chi connectivity index (χ1) is 18.8. The van der Waals surface area contributed by atoms with Crippen molar-refractivity contribution in [3.63, 3.8) is 0 Å². The van der Waals surface area contributed by atoms with Crippen LogP contribution in [0.5, 0.6) is 11.5 Å². The van der Waals surface area contributed by atoms with Crippen LogP contribution in [0, 0.1) is 5.82 Å². The van der Waals surface area contributed by atoms with E-state index in [0.29, 0.717) is 22.0 Å². The normalized spacial score (nSPS) is 15.7. The lowest BCUT2D eigenvalue weighted by molar-refractivity contribution is -0.265. The molecule has 2 aromatic carbocycles. The molecule has 1 atom stereocenters. The Kier molecular flexibility index (Phi) is 6.65. The van der Waals surface area contributed by atoms with Crippen molar-refractivity contribution in [3.8, 4) is 22.8 Å². The Labute approximate surface area is 226 Å². The molecular weight excluding hydrogens is 530 g/mol. The summed E-state index contributed by atoms with van der Waals surface area (Å²) >= 11 is 0. The summed E-state index contributed by atoms with van der Waals surface area (Å²) in [7, 11) is 1.39. The van der Waals surface area contributed by atoms with E-state index in [2.05, 4.69) is 15.3 Å². The Morgan fingerprint density at radius 1 is 1.15 bits per heavy atom. The summed E-state index contributed by atoms with van der Waals surface area (Å²) in [6.45, 7) is 2.51. The van der Waals surface area contributed by atoms with Crippen molar-refractivity contribution in [2.24, 2.45) is 0 Å². The zero-order valence-electron chi connectivity index (χ0n) is 21.8. The number of nitrogens with zero attached hydrogens (tertiary/aromatic N) is 2. The maximum absolute atomic E-state index is 14.6. The number of amides is 1. The van der Waals surface area contributed by atoms with Crippen LogP contribution >= 0.6 is 0 Å². The molecule has 0 bridgehead atoms. The predicted octanol–water partition coefficient (Wildman–Crippen LogP) is 5.29. The Bertz CT molecular complexity index is 1610. The molecule has 5 rings (SSSR count). The van der Waals surface area contributed by atoms with Crippen LogP contribution in [0.3, 0.4) is 0 Å². The molecule has 1 aliphatic heterocycles. The van der Waals surface area contributed by atoms with Gasteiger partial charge >= 0.3 is 6.18 Å². The minimum atomic E-state index is -5.23. The molecule has 2 N–H and O–H groups in total. The summed E-state index contributed by atoms with van der Waals surface area (Å²) in [6.07, 6.45) is -3.68. The molecule has 4 aromatic rings. The third-order valence-electron chi connectivity index (χ3n) is 6.95. The maximum atomic E-state index is 14.6. The number of rotatable bonds is 6. The maximum Gasteiger partial charge on any atom is 0.424 e. The quantitative estimate of drug-likeness (QED) is 0.314. The molecule has 0 aliphatic carbocycles. The van der Waals surface area contributed by atoms with Crippen molar-refractivity contribution in [2.75, 3.05) is 20.3 Å². The molecule has 1 unspecified atom stereocenters. The van der Waals surface area contributed by atoms with Gasteiger partial charge in [-0.1, -0.05) is 19.9 Å². The summed E-state index contributed by atoms with van der Waals surface area (Å²) < 4.78 is 68.3. The van der Waals surface area contributed by atoms with Crippen LogP contribution < -0.4 is 14.8 Å². The van der Waals surface area contributed by atoms with Crippen LogP contribution in [0.4, 0.5) is 17.6 Å². The molecular formula is C29H25F4N3O4. The lowest BCUT2D eigenvalue weighted by atomic mass is 9.84. The third kappa shape index (κ3) is 4.70. The highest BCUT2D eigenvalue weighted by molar-refractivity contribution is 5.99. The summed E-state index contributed by atoms with van der Waals surface area (Å²) in [6, 6.07) is 12.3. The predicted molar refractivity (Wildman–Crippen MR) is 139 cm³/mol. The average molecular weight is 556 g/mol. The Hall–Kier alpha value is -4.25. The van der Waals surface area contributed by atoms with Gasteiger partial charge in [0.05, 0.1) is 26.0 Å². The van der Waals surface area contributed by atoms with Gasteiger partial charge in [-0.05, 0) is 48.5 Å². The molecule has 1 amide bonds. The molecule has 0 saturated heterocycles. The molecule has 7 nitrogen and oxygen atoms in total. The Morgan fingerprint density at radius 3 is 2.55 bits per heavy atom. The molecule has 0 spiro atoms. The van der Waals surface area contributed by atoms with Gasteiger partial charge in [0.15, 0.2) is 0 Å². The van der Waals surface area contributed by atoms with Crippen LogP contribution in [-0.4, -0.2) is 47.4 Å². The van der Waals surface area contributed by atoms with Crippen LogP contribution in [0.2, 0.25) is 0 Å². The van der Waals surface area contributed by atoms with Gasteiger partial charge in [0, 0.05) is 33.7 Å². The molecule has 0 saturated carbocycles. The second-order valence-electron chi connectivity index (χ2n) is 10.2. The lowest BCUT2D eigenvalue weighted by Crippen LogP contribution is -2.51. The summed E-state index contributed by atoms with van der Waals surface area (Å²) in [5.74, 6) is -0.879. The number of halogens is 4. The van der Waals surface area contributed by atoms with E-state index in [9.17, 15) is 27.5 Å². The highest BCUT2D eigenvalue weighted by Gasteiger charge is 2.57. The largest absolute Gasteiger partial charge is 0.494 e. The number of benzene rings is 2. The molecule has 0 fully saturated rings. The molecule has 40 heavy (non-hydrogen) atoms. The van der Waals surface area contributed by atoms with Crippen molar-refractivity contribution < 1.29 is 36.9 Å². The number of nitrogens with one attached hydrogen (secondary N) is 1. The fourth-order valence-corrected chi connectivity index (χ4v) is 4.62. The van der Waals surface area contributed by atoms with E-state index >= 15 is 0 Å². The van der Waals surface area contributed by atoms with Crippen molar-refractivity contribution in [3.05, 3.63) is 83.4 Å². The average Bonchev–Trinajstić information content (AvgIpc) is 3.24. The smallest absolute Gasteiger partial charge is 0.424 e. The number of fused-ring (bicyclic) bond motifs is 2. The van der Waals surface area contributed by atoms with Gasteiger partial charge in [-0.3, -0.25) is 9.78 Å². The van der Waals surface area contributed by atoms with E-state index in [-0.39, 0.29) is 29.4 Å². The highest BCUT2D eigenvalue weighted by atomic mass is 19.4. The van der Waals surface area contributed by atoms with Crippen LogP contribution in [0.25, 0.3) is 22.2 Å². The van der Waals surface area contributed by atoms with Crippen LogP contribution in [0.15, 0.2) is 60.8 Å². The number of alkyl halides is 3. The number of carbonyl (C=O) groups is 1. The first-order valence-electron chi connectivity index (χ1n) is 12.3. The standard InChI is InChI=1S/C29H25F4N3O4/c1-27(2)15-40-25-20(27)13-22(36-24(25)16-6-8-19(30)9-7-16)28(38,29(31,32)33)14-35-26(37)18-11-17-5-4-10-34-23(17)21(12-18)39-3/h4-13,38H,14-15H2,1-3H3,(H,35,37). The monoisotopic (exact) mass is 555 g/mol. The van der Waals surface area contributed by atoms with Crippen molar-refractivity contribution in [1.82, 2.24) is 15.3 Å². The van der Waals surface area contributed by atoms with Gasteiger partial charge in [0.1, 0.15) is 28.5 Å². The second kappa shape index (κ2) is 9.74. The zero-order chi connectivity index (χ0) is 28.9. The SMILES string of the molecule is COc1cc(C(=O)NCC(O)(c2cc3c(c(-c4ccc(F)cc4)n2)OCC3(C)C)C(F)(F)F)cc2cccnc12. The lowest BCUT2D eigenvalue weighted by Gasteiger charge is -2.31. The van der Waals surface area contributed by atoms with E-state index < -0.39 is 41.2 Å². The van der Waals surface area contributed by atoms with E-state index in [1.165, 1.54) is 31.4 Å². The number of hydrogen-bond donors (Lipinski definition) is 2. The first-order valence-corrected chi connectivity index (χ1v) is 12.3. The van der Waals surface area contributed by atoms with E-state index in [1.807, 2.05) is 0 Å². The molecule has 0 radical (unpaired) electrons. The molecule has 3 heterocycles. The van der Waals surface area contributed by atoms with Crippen molar-refractivity contribution >= 4 is 16.8 Å². The fraction of sp³-hybridized carbons (Fsp3) is 0.276. The minimum absolute atomic E-state index is 0.0188. The van der Waals surface area contributed by atoms with Gasteiger partial charge in [0.2, 0.25) is 5.60 Å². The molecule has 11 heteroatoms. The minimum Gasteiger partial charge on any atom is -0.494 e. The summed E-state index contributed by atoms with van der Waals surface area (Å²) in [5, 5.41) is 13.9. The highest BCUT2D eigenvalue weighted by Crippen LogP contribution is 2.47. The summed E-state index contributed by atoms with van der Waals surface area (Å²) in [4.78, 5) is 21.4. The van der Waals surface area contributed by atoms with Gasteiger partial charge in [-0.15, -0.1) is 0 Å². The van der Waals surface area contributed by atoms with E-state index in [0.717, 1.165) is 18.2 Å². The Morgan fingerprint density at radius 2 is 1.88 bits per heavy atom. The number of carbonyl (C=O) groups excluding carboxylic acids is 1. The number of aromatic nitrogens is 2. The number of methoxy groups -OCH3 is 1. The first kappa shape index (κ1) is 27.3. The van der Waals surface area contributed by atoms with Gasteiger partial charge < -0.3 is 19.9 Å². The summed E-state index contributed by atoms with van der Waals surface area (Å²) in [5.41, 5.74) is -3.75. The number of pyridine rings is 2. The zero-order valence-corrected chi connectivity index (χ0v) is 21.8.